The average Bonchev–Trinajstić information content (AvgIpc) is 2.75. The molecule has 0 saturated heterocycles. The number of carbonyl (C=O) groups is 1. The molecule has 108 valence electrons. The fourth-order valence-electron chi connectivity index (χ4n) is 2.59. The van der Waals surface area contributed by atoms with Gasteiger partial charge in [0.1, 0.15) is 17.1 Å². The summed E-state index contributed by atoms with van der Waals surface area (Å²) in [4.78, 5) is 22.2. The number of halogens is 1. The topological polar surface area (TPSA) is 98.3 Å². The highest BCUT2D eigenvalue weighted by atomic mass is 19.1. The fraction of sp³-hybridized carbons (Fsp3) is 0.462. The van der Waals surface area contributed by atoms with E-state index in [9.17, 15) is 19.3 Å². The van der Waals surface area contributed by atoms with E-state index in [1.165, 1.54) is 0 Å². The van der Waals surface area contributed by atoms with E-state index >= 15 is 0 Å². The highest BCUT2D eigenvalue weighted by Gasteiger charge is 2.33. The van der Waals surface area contributed by atoms with Crippen LogP contribution in [0.5, 0.6) is 0 Å². The lowest BCUT2D eigenvalue weighted by Crippen LogP contribution is -2.44. The van der Waals surface area contributed by atoms with Crippen LogP contribution in [0.3, 0.4) is 0 Å². The Labute approximate surface area is 115 Å². The van der Waals surface area contributed by atoms with Crippen molar-refractivity contribution in [3.63, 3.8) is 0 Å². The molecular formula is C13H16FN3O3. The van der Waals surface area contributed by atoms with Gasteiger partial charge >= 0.3 is 0 Å². The number of nitro groups is 1. The van der Waals surface area contributed by atoms with E-state index in [4.69, 9.17) is 5.73 Å². The molecule has 0 aromatic heterocycles. The zero-order valence-electron chi connectivity index (χ0n) is 11.1. The van der Waals surface area contributed by atoms with Gasteiger partial charge in [0.25, 0.3) is 11.6 Å². The molecule has 7 heteroatoms. The molecule has 1 aromatic carbocycles. The molecule has 3 N–H and O–H groups in total. The molecule has 0 spiro atoms. The molecule has 0 bridgehead atoms. The summed E-state index contributed by atoms with van der Waals surface area (Å²) >= 11 is 0. The molecule has 1 aliphatic rings. The van der Waals surface area contributed by atoms with Crippen LogP contribution < -0.4 is 11.1 Å². The van der Waals surface area contributed by atoms with Gasteiger partial charge < -0.3 is 11.1 Å². The molecule has 0 atom stereocenters. The van der Waals surface area contributed by atoms with Crippen LogP contribution in [0.2, 0.25) is 0 Å². The van der Waals surface area contributed by atoms with Gasteiger partial charge in [0, 0.05) is 11.6 Å². The smallest absolute Gasteiger partial charge is 0.293 e. The van der Waals surface area contributed by atoms with Crippen LogP contribution in [-0.2, 0) is 0 Å². The Balaban J connectivity index is 2.34. The van der Waals surface area contributed by atoms with Crippen molar-refractivity contribution in [2.24, 2.45) is 0 Å². The van der Waals surface area contributed by atoms with Gasteiger partial charge in [0.15, 0.2) is 0 Å². The highest BCUT2D eigenvalue weighted by molar-refractivity contribution is 6.01. The molecule has 1 amide bonds. The van der Waals surface area contributed by atoms with Gasteiger partial charge in [-0.15, -0.1) is 0 Å². The second kappa shape index (κ2) is 5.07. The summed E-state index contributed by atoms with van der Waals surface area (Å²) in [6.07, 6.45) is 3.58. The molecule has 0 aliphatic heterocycles. The summed E-state index contributed by atoms with van der Waals surface area (Å²) in [5.74, 6) is -1.56. The summed E-state index contributed by atoms with van der Waals surface area (Å²) in [6, 6.07) is 1.85. The maximum atomic E-state index is 13.8. The third-order valence-electron chi connectivity index (χ3n) is 3.72. The van der Waals surface area contributed by atoms with Crippen LogP contribution in [0.15, 0.2) is 12.1 Å². The van der Waals surface area contributed by atoms with Gasteiger partial charge in [-0.3, -0.25) is 14.9 Å². The van der Waals surface area contributed by atoms with Crippen molar-refractivity contribution in [1.82, 2.24) is 5.32 Å². The molecule has 1 aliphatic carbocycles. The number of nitrogens with one attached hydrogen (secondary N) is 1. The van der Waals surface area contributed by atoms with Gasteiger partial charge in [-0.25, -0.2) is 4.39 Å². The number of anilines is 1. The summed E-state index contributed by atoms with van der Waals surface area (Å²) in [5, 5.41) is 13.5. The standard InChI is InChI=1S/C13H16FN3O3/c1-13(6-2-3-7-13)16-12(18)10-8(14)4-5-9(11(10)15)17(19)20/h4-5H,2-3,6-7,15H2,1H3,(H,16,18). The number of amides is 1. The number of benzene rings is 1. The Morgan fingerprint density at radius 2 is 2.05 bits per heavy atom. The van der Waals surface area contributed by atoms with E-state index in [0.717, 1.165) is 37.8 Å². The van der Waals surface area contributed by atoms with E-state index in [-0.39, 0.29) is 0 Å². The Morgan fingerprint density at radius 1 is 1.45 bits per heavy atom. The molecule has 20 heavy (non-hydrogen) atoms. The van der Waals surface area contributed by atoms with Crippen molar-refractivity contribution >= 4 is 17.3 Å². The van der Waals surface area contributed by atoms with Gasteiger partial charge in [0.2, 0.25) is 0 Å². The number of nitro benzene ring substituents is 1. The Hall–Kier alpha value is -2.18. The lowest BCUT2D eigenvalue weighted by atomic mass is 9.99. The monoisotopic (exact) mass is 281 g/mol. The Bertz CT molecular complexity index is 568. The molecule has 0 heterocycles. The minimum absolute atomic E-state index is 0.402. The molecule has 1 saturated carbocycles. The molecule has 1 fully saturated rings. The van der Waals surface area contributed by atoms with Crippen LogP contribution in [0.1, 0.15) is 43.0 Å². The number of nitrogens with two attached hydrogens (primary N) is 1. The minimum Gasteiger partial charge on any atom is -0.392 e. The quantitative estimate of drug-likeness (QED) is 0.505. The lowest BCUT2D eigenvalue weighted by Gasteiger charge is -2.25. The SMILES string of the molecule is CC1(NC(=O)c2c(F)ccc([N+](=O)[O-])c2N)CCCC1. The number of nitrogen functional groups attached to an aromatic ring is 1. The second-order valence-electron chi connectivity index (χ2n) is 5.33. The van der Waals surface area contributed by atoms with E-state index in [1.54, 1.807) is 0 Å². The molecule has 0 unspecified atom stereocenters. The summed E-state index contributed by atoms with van der Waals surface area (Å²) in [6.45, 7) is 1.88. The van der Waals surface area contributed by atoms with Crippen LogP contribution in [0.4, 0.5) is 15.8 Å². The Kier molecular flexibility index (Phi) is 3.61. The largest absolute Gasteiger partial charge is 0.392 e. The second-order valence-corrected chi connectivity index (χ2v) is 5.33. The predicted octanol–water partition coefficient (Wildman–Crippen LogP) is 2.38. The Morgan fingerprint density at radius 3 is 2.60 bits per heavy atom. The first-order valence-electron chi connectivity index (χ1n) is 6.39. The van der Waals surface area contributed by atoms with Gasteiger partial charge in [-0.2, -0.15) is 0 Å². The average molecular weight is 281 g/mol. The maximum Gasteiger partial charge on any atom is 0.293 e. The number of rotatable bonds is 3. The van der Waals surface area contributed by atoms with Crippen molar-refractivity contribution < 1.29 is 14.1 Å². The summed E-state index contributed by atoms with van der Waals surface area (Å²) in [5.41, 5.74) is 3.81. The minimum atomic E-state index is -0.854. The lowest BCUT2D eigenvalue weighted by molar-refractivity contribution is -0.384. The van der Waals surface area contributed by atoms with Crippen LogP contribution >= 0.6 is 0 Å². The fourth-order valence-corrected chi connectivity index (χ4v) is 2.59. The normalized spacial score (nSPS) is 16.9. The molecule has 0 radical (unpaired) electrons. The molecule has 2 rings (SSSR count). The third kappa shape index (κ3) is 2.56. The van der Waals surface area contributed by atoms with Crippen molar-refractivity contribution in [1.29, 1.82) is 0 Å². The van der Waals surface area contributed by atoms with Crippen molar-refractivity contribution in [2.45, 2.75) is 38.1 Å². The predicted molar refractivity (Wildman–Crippen MR) is 71.8 cm³/mol. The van der Waals surface area contributed by atoms with Crippen molar-refractivity contribution in [3.8, 4) is 0 Å². The summed E-state index contributed by atoms with van der Waals surface area (Å²) in [7, 11) is 0. The molecular weight excluding hydrogens is 265 g/mol. The first-order valence-corrected chi connectivity index (χ1v) is 6.39. The maximum absolute atomic E-state index is 13.8. The first kappa shape index (κ1) is 14.2. The van der Waals surface area contributed by atoms with Crippen molar-refractivity contribution in [2.75, 3.05) is 5.73 Å². The number of carbonyl (C=O) groups excluding carboxylic acids is 1. The van der Waals surface area contributed by atoms with Crippen molar-refractivity contribution in [3.05, 3.63) is 33.6 Å². The number of nitrogens with zero attached hydrogens (tertiary/aromatic N) is 1. The van der Waals surface area contributed by atoms with Gasteiger partial charge in [-0.05, 0) is 25.8 Å². The third-order valence-corrected chi connectivity index (χ3v) is 3.72. The highest BCUT2D eigenvalue weighted by Crippen LogP contribution is 2.31. The number of hydrogen-bond donors (Lipinski definition) is 2. The first-order chi connectivity index (χ1) is 9.34. The van der Waals surface area contributed by atoms with Gasteiger partial charge in [-0.1, -0.05) is 12.8 Å². The van der Waals surface area contributed by atoms with Crippen LogP contribution in [0.25, 0.3) is 0 Å². The molecule has 1 aromatic rings. The van der Waals surface area contributed by atoms with Crippen LogP contribution in [0, 0.1) is 15.9 Å². The van der Waals surface area contributed by atoms with E-state index < -0.39 is 39.1 Å². The zero-order chi connectivity index (χ0) is 14.9. The van der Waals surface area contributed by atoms with Crippen LogP contribution in [-0.4, -0.2) is 16.4 Å². The van der Waals surface area contributed by atoms with E-state index in [0.29, 0.717) is 0 Å². The van der Waals surface area contributed by atoms with Gasteiger partial charge in [0.05, 0.1) is 4.92 Å². The van der Waals surface area contributed by atoms with E-state index in [1.807, 2.05) is 6.92 Å². The zero-order valence-corrected chi connectivity index (χ0v) is 11.1. The summed E-state index contributed by atoms with van der Waals surface area (Å²) < 4.78 is 13.8. The number of hydrogen-bond acceptors (Lipinski definition) is 4. The van der Waals surface area contributed by atoms with E-state index in [2.05, 4.69) is 5.32 Å². The molecule has 6 nitrogen and oxygen atoms in total.